The Kier molecular flexibility index (Phi) is 7.98. The largest absolute Gasteiger partial charge is 0.453 e. The van der Waals surface area contributed by atoms with Gasteiger partial charge in [-0.05, 0) is 42.5 Å². The Hall–Kier alpha value is -3.76. The van der Waals surface area contributed by atoms with Crippen LogP contribution in [0.2, 0.25) is 10.0 Å². The third kappa shape index (κ3) is 5.59. The molecule has 0 saturated carbocycles. The number of pyridine rings is 1. The first-order valence-corrected chi connectivity index (χ1v) is 10.3. The minimum absolute atomic E-state index is 0.00155. The molecule has 0 fully saturated rings. The van der Waals surface area contributed by atoms with Crippen LogP contribution >= 0.6 is 23.2 Å². The summed E-state index contributed by atoms with van der Waals surface area (Å²) in [5, 5.41) is 6.63. The molecule has 3 aromatic rings. The number of alkyl halides is 1. The lowest BCUT2D eigenvalue weighted by Crippen LogP contribution is -2.35. The van der Waals surface area contributed by atoms with Crippen LogP contribution in [-0.2, 0) is 4.79 Å². The minimum atomic E-state index is -1.19. The molecule has 8 nitrogen and oxygen atoms in total. The van der Waals surface area contributed by atoms with Crippen molar-refractivity contribution >= 4 is 46.9 Å². The van der Waals surface area contributed by atoms with Gasteiger partial charge >= 0.3 is 6.03 Å². The van der Waals surface area contributed by atoms with Crippen molar-refractivity contribution in [1.29, 1.82) is 0 Å². The second kappa shape index (κ2) is 10.9. The maximum absolute atomic E-state index is 13.2. The number of aromatic nitrogens is 1. The van der Waals surface area contributed by atoms with Crippen LogP contribution in [0.5, 0.6) is 11.5 Å². The summed E-state index contributed by atoms with van der Waals surface area (Å²) in [6.07, 6.45) is 1.54. The summed E-state index contributed by atoms with van der Waals surface area (Å²) in [4.78, 5) is 35.4. The predicted octanol–water partition coefficient (Wildman–Crippen LogP) is 4.75. The Labute approximate surface area is 202 Å². The molecule has 1 N–H and O–H groups in total. The van der Waals surface area contributed by atoms with Crippen LogP contribution < -0.4 is 20.6 Å². The molecular formula is C22H16Cl2F2N4O4. The highest BCUT2D eigenvalue weighted by Crippen LogP contribution is 2.40. The zero-order valence-corrected chi connectivity index (χ0v) is 19.0. The third-order valence-electron chi connectivity index (χ3n) is 4.34. The standard InChI is InChI=1S/C22H16Cl2F2N4O4/c1-27-22(33)30(28-14(10-25)12-31)16-8-18(23)21(19(24)9-16)34-17-6-7-20(32)29(11-17)15-4-2-13(26)3-5-15/h2-9,11-12H,10H2,1H3,(H,27,33)/b28-14-. The number of carbonyl (C=O) groups excluding carboxylic acids is 2. The van der Waals surface area contributed by atoms with Crippen LogP contribution in [0.4, 0.5) is 19.3 Å². The van der Waals surface area contributed by atoms with Crippen LogP contribution in [0.3, 0.4) is 0 Å². The molecule has 2 amide bonds. The van der Waals surface area contributed by atoms with Gasteiger partial charge in [0.1, 0.15) is 24.0 Å². The smallest absolute Gasteiger partial charge is 0.342 e. The topological polar surface area (TPSA) is 93.0 Å². The lowest BCUT2D eigenvalue weighted by Gasteiger charge is -2.19. The van der Waals surface area contributed by atoms with Gasteiger partial charge in [-0.2, -0.15) is 10.1 Å². The Morgan fingerprint density at radius 3 is 2.38 bits per heavy atom. The van der Waals surface area contributed by atoms with E-state index in [2.05, 4.69) is 10.4 Å². The van der Waals surface area contributed by atoms with E-state index in [0.717, 1.165) is 5.01 Å². The number of rotatable bonds is 7. The van der Waals surface area contributed by atoms with Gasteiger partial charge in [-0.3, -0.25) is 14.2 Å². The van der Waals surface area contributed by atoms with Crippen LogP contribution in [0, 0.1) is 5.82 Å². The maximum atomic E-state index is 13.2. The number of anilines is 1. The molecule has 0 bridgehead atoms. The van der Waals surface area contributed by atoms with Crippen molar-refractivity contribution in [3.05, 3.63) is 80.9 Å². The van der Waals surface area contributed by atoms with E-state index >= 15 is 0 Å². The fourth-order valence-electron chi connectivity index (χ4n) is 2.75. The van der Waals surface area contributed by atoms with E-state index in [0.29, 0.717) is 5.69 Å². The molecule has 0 atom stereocenters. The number of halogens is 4. The molecule has 0 unspecified atom stereocenters. The van der Waals surface area contributed by atoms with E-state index in [-0.39, 0.29) is 39.1 Å². The Morgan fingerprint density at radius 2 is 1.82 bits per heavy atom. The minimum Gasteiger partial charge on any atom is -0.453 e. The first-order valence-electron chi connectivity index (χ1n) is 9.53. The summed E-state index contributed by atoms with van der Waals surface area (Å²) in [5.74, 6) is -0.273. The fraction of sp³-hybridized carbons (Fsp3) is 0.0909. The molecule has 0 aliphatic heterocycles. The van der Waals surface area contributed by atoms with Crippen LogP contribution in [0.1, 0.15) is 0 Å². The van der Waals surface area contributed by atoms with Crippen LogP contribution in [0.25, 0.3) is 5.69 Å². The highest BCUT2D eigenvalue weighted by molar-refractivity contribution is 6.37. The summed E-state index contributed by atoms with van der Waals surface area (Å²) >= 11 is 12.6. The Balaban J connectivity index is 1.98. The highest BCUT2D eigenvalue weighted by Gasteiger charge is 2.20. The normalized spacial score (nSPS) is 11.1. The van der Waals surface area contributed by atoms with Crippen molar-refractivity contribution in [1.82, 2.24) is 9.88 Å². The van der Waals surface area contributed by atoms with Gasteiger partial charge < -0.3 is 10.1 Å². The summed E-state index contributed by atoms with van der Waals surface area (Å²) < 4.78 is 33.1. The molecule has 34 heavy (non-hydrogen) atoms. The second-order valence-corrected chi connectivity index (χ2v) is 7.41. The van der Waals surface area contributed by atoms with Crippen molar-refractivity contribution in [2.75, 3.05) is 18.7 Å². The summed E-state index contributed by atoms with van der Waals surface area (Å²) in [6.45, 7) is -1.19. The van der Waals surface area contributed by atoms with Crippen molar-refractivity contribution in [3.8, 4) is 17.2 Å². The quantitative estimate of drug-likeness (QED) is 0.283. The monoisotopic (exact) mass is 508 g/mol. The molecule has 0 aliphatic rings. The number of amides is 2. The lowest BCUT2D eigenvalue weighted by atomic mass is 10.3. The zero-order valence-electron chi connectivity index (χ0n) is 17.5. The molecule has 2 aromatic carbocycles. The maximum Gasteiger partial charge on any atom is 0.342 e. The molecule has 0 saturated heterocycles. The highest BCUT2D eigenvalue weighted by atomic mass is 35.5. The SMILES string of the molecule is CNC(=O)N(/N=C(\C=O)CF)c1cc(Cl)c(Oc2ccc(=O)n(-c3ccc(F)cc3)c2)c(Cl)c1. The fourth-order valence-corrected chi connectivity index (χ4v) is 3.30. The molecule has 0 spiro atoms. The molecule has 1 heterocycles. The van der Waals surface area contributed by atoms with E-state index in [1.807, 2.05) is 0 Å². The molecule has 0 aliphatic carbocycles. The van der Waals surface area contributed by atoms with Gasteiger partial charge in [0.2, 0.25) is 0 Å². The third-order valence-corrected chi connectivity index (χ3v) is 4.91. The van der Waals surface area contributed by atoms with Gasteiger partial charge in [0.05, 0.1) is 21.9 Å². The molecule has 176 valence electrons. The van der Waals surface area contributed by atoms with E-state index in [9.17, 15) is 23.2 Å². The number of urea groups is 1. The number of hydrogen-bond donors (Lipinski definition) is 1. The predicted molar refractivity (Wildman–Crippen MR) is 125 cm³/mol. The van der Waals surface area contributed by atoms with Crippen molar-refractivity contribution < 1.29 is 23.1 Å². The van der Waals surface area contributed by atoms with Crippen molar-refractivity contribution in [2.45, 2.75) is 0 Å². The zero-order chi connectivity index (χ0) is 24.8. The van der Waals surface area contributed by atoms with Gasteiger partial charge in [0.25, 0.3) is 5.56 Å². The number of nitrogens with zero attached hydrogens (tertiary/aromatic N) is 3. The van der Waals surface area contributed by atoms with Gasteiger partial charge in [-0.25, -0.2) is 13.6 Å². The summed E-state index contributed by atoms with van der Waals surface area (Å²) in [6, 6.07) is 9.68. The molecule has 12 heteroatoms. The first-order chi connectivity index (χ1) is 16.3. The number of ether oxygens (including phenoxy) is 1. The van der Waals surface area contributed by atoms with Gasteiger partial charge in [0, 0.05) is 18.8 Å². The first kappa shape index (κ1) is 24.9. The number of benzene rings is 2. The summed E-state index contributed by atoms with van der Waals surface area (Å²) in [7, 11) is 1.32. The van der Waals surface area contributed by atoms with Crippen LogP contribution in [-0.4, -0.2) is 36.3 Å². The van der Waals surface area contributed by atoms with E-state index in [1.54, 1.807) is 0 Å². The number of carbonyl (C=O) groups is 2. The average molecular weight is 509 g/mol. The molecule has 1 aromatic heterocycles. The summed E-state index contributed by atoms with van der Waals surface area (Å²) in [5.41, 5.74) is -0.475. The van der Waals surface area contributed by atoms with Crippen molar-refractivity contribution in [3.63, 3.8) is 0 Å². The molecular weight excluding hydrogens is 493 g/mol. The number of nitrogens with one attached hydrogen (secondary N) is 1. The Morgan fingerprint density at radius 1 is 1.18 bits per heavy atom. The number of hydrogen-bond acceptors (Lipinski definition) is 5. The van der Waals surface area contributed by atoms with E-state index in [1.165, 1.54) is 66.3 Å². The average Bonchev–Trinajstić information content (AvgIpc) is 2.83. The molecule has 0 radical (unpaired) electrons. The van der Waals surface area contributed by atoms with Crippen LogP contribution in [0.15, 0.2) is 64.6 Å². The van der Waals surface area contributed by atoms with Gasteiger partial charge in [-0.1, -0.05) is 23.2 Å². The van der Waals surface area contributed by atoms with E-state index in [4.69, 9.17) is 27.9 Å². The van der Waals surface area contributed by atoms with Gasteiger partial charge in [-0.15, -0.1) is 0 Å². The number of hydrazone groups is 1. The van der Waals surface area contributed by atoms with Gasteiger partial charge in [0.15, 0.2) is 12.0 Å². The molecule has 3 rings (SSSR count). The number of aldehydes is 1. The van der Waals surface area contributed by atoms with E-state index < -0.39 is 24.2 Å². The second-order valence-electron chi connectivity index (χ2n) is 6.60. The lowest BCUT2D eigenvalue weighted by molar-refractivity contribution is -0.102. The Bertz CT molecular complexity index is 1290. The van der Waals surface area contributed by atoms with Crippen molar-refractivity contribution in [2.24, 2.45) is 5.10 Å².